The molecule has 1 rings (SSSR count). The minimum Gasteiger partial charge on any atom is -0.354 e. The van der Waals surface area contributed by atoms with Crippen molar-refractivity contribution in [1.29, 1.82) is 0 Å². The van der Waals surface area contributed by atoms with E-state index in [9.17, 15) is 0 Å². The van der Waals surface area contributed by atoms with Crippen molar-refractivity contribution in [3.8, 4) is 0 Å². The summed E-state index contributed by atoms with van der Waals surface area (Å²) in [5.41, 5.74) is 1.05. The number of anilines is 1. The minimum absolute atomic E-state index is 0.775. The normalized spacial score (nSPS) is 9.56. The van der Waals surface area contributed by atoms with Crippen LogP contribution >= 0.6 is 0 Å². The largest absolute Gasteiger partial charge is 0.354 e. The summed E-state index contributed by atoms with van der Waals surface area (Å²) in [6.07, 6.45) is 1.69. The summed E-state index contributed by atoms with van der Waals surface area (Å²) in [4.78, 5) is 0. The monoisotopic (exact) mass is 126 g/mol. The van der Waals surface area contributed by atoms with Gasteiger partial charge in [-0.1, -0.05) is 5.16 Å². The van der Waals surface area contributed by atoms with E-state index in [1.165, 1.54) is 0 Å². The Balaban J connectivity index is 2.69. The number of aromatic nitrogens is 1. The first-order valence-corrected chi connectivity index (χ1v) is 2.99. The van der Waals surface area contributed by atoms with Gasteiger partial charge in [-0.15, -0.1) is 0 Å². The van der Waals surface area contributed by atoms with Crippen molar-refractivity contribution in [2.75, 3.05) is 11.9 Å². The summed E-state index contributed by atoms with van der Waals surface area (Å²) in [5.74, 6) is 0.775. The molecule has 1 heterocycles. The van der Waals surface area contributed by atoms with E-state index in [0.29, 0.717) is 0 Å². The highest BCUT2D eigenvalue weighted by Gasteiger charge is 1.98. The van der Waals surface area contributed by atoms with E-state index in [2.05, 4.69) is 10.5 Å². The van der Waals surface area contributed by atoms with Gasteiger partial charge in [0.05, 0.1) is 6.20 Å². The second kappa shape index (κ2) is 2.53. The number of rotatable bonds is 2. The molecule has 9 heavy (non-hydrogen) atoms. The van der Waals surface area contributed by atoms with Gasteiger partial charge in [0.1, 0.15) is 0 Å². The molecule has 0 aliphatic carbocycles. The van der Waals surface area contributed by atoms with Crippen LogP contribution < -0.4 is 5.32 Å². The molecule has 0 fully saturated rings. The molecule has 0 unspecified atom stereocenters. The lowest BCUT2D eigenvalue weighted by atomic mass is 10.4. The fourth-order valence-corrected chi connectivity index (χ4v) is 0.621. The Morgan fingerprint density at radius 1 is 1.78 bits per heavy atom. The summed E-state index contributed by atoms with van der Waals surface area (Å²) < 4.78 is 4.84. The Morgan fingerprint density at radius 2 is 2.56 bits per heavy atom. The van der Waals surface area contributed by atoms with Gasteiger partial charge in [0.2, 0.25) is 5.88 Å². The van der Waals surface area contributed by atoms with Crippen molar-refractivity contribution in [3.05, 3.63) is 11.8 Å². The average molecular weight is 126 g/mol. The second-order valence-corrected chi connectivity index (χ2v) is 1.87. The van der Waals surface area contributed by atoms with Gasteiger partial charge in [0.15, 0.2) is 0 Å². The SMILES string of the molecule is CCNc1oncc1C. The van der Waals surface area contributed by atoms with Gasteiger partial charge in [-0.3, -0.25) is 0 Å². The lowest BCUT2D eigenvalue weighted by molar-refractivity contribution is 0.432. The van der Waals surface area contributed by atoms with Crippen molar-refractivity contribution in [2.45, 2.75) is 13.8 Å². The van der Waals surface area contributed by atoms with Gasteiger partial charge >= 0.3 is 0 Å². The molecule has 0 bridgehead atoms. The molecule has 1 N–H and O–H groups in total. The van der Waals surface area contributed by atoms with E-state index in [1.54, 1.807) is 6.20 Å². The number of hydrogen-bond donors (Lipinski definition) is 1. The van der Waals surface area contributed by atoms with Gasteiger partial charge < -0.3 is 9.84 Å². The standard InChI is InChI=1S/C6H10N2O/c1-3-7-6-5(2)4-8-9-6/h4,7H,3H2,1-2H3. The smallest absolute Gasteiger partial charge is 0.227 e. The third-order valence-corrected chi connectivity index (χ3v) is 1.09. The van der Waals surface area contributed by atoms with Crippen molar-refractivity contribution in [2.24, 2.45) is 0 Å². The van der Waals surface area contributed by atoms with E-state index in [1.807, 2.05) is 13.8 Å². The third-order valence-electron chi connectivity index (χ3n) is 1.09. The van der Waals surface area contributed by atoms with E-state index in [4.69, 9.17) is 4.52 Å². The number of aryl methyl sites for hydroxylation is 1. The number of nitrogens with zero attached hydrogens (tertiary/aromatic N) is 1. The molecule has 0 aromatic carbocycles. The quantitative estimate of drug-likeness (QED) is 0.651. The van der Waals surface area contributed by atoms with Crippen LogP contribution in [-0.2, 0) is 0 Å². The van der Waals surface area contributed by atoms with Crippen LogP contribution in [-0.4, -0.2) is 11.7 Å². The Labute approximate surface area is 54.0 Å². The van der Waals surface area contributed by atoms with Gasteiger partial charge in [0, 0.05) is 12.1 Å². The lowest BCUT2D eigenvalue weighted by Crippen LogP contribution is -1.95. The Bertz CT molecular complexity index is 183. The van der Waals surface area contributed by atoms with Gasteiger partial charge in [-0.05, 0) is 13.8 Å². The summed E-state index contributed by atoms with van der Waals surface area (Å²) in [7, 11) is 0. The molecule has 3 heteroatoms. The third kappa shape index (κ3) is 1.22. The predicted molar refractivity (Wildman–Crippen MR) is 35.4 cm³/mol. The first-order chi connectivity index (χ1) is 4.34. The van der Waals surface area contributed by atoms with Crippen LogP contribution in [0.1, 0.15) is 12.5 Å². The van der Waals surface area contributed by atoms with E-state index >= 15 is 0 Å². The van der Waals surface area contributed by atoms with Crippen LogP contribution in [0.4, 0.5) is 5.88 Å². The fourth-order valence-electron chi connectivity index (χ4n) is 0.621. The van der Waals surface area contributed by atoms with Gasteiger partial charge in [-0.25, -0.2) is 0 Å². The molecule has 0 amide bonds. The highest BCUT2D eigenvalue weighted by Crippen LogP contribution is 2.10. The molecule has 1 aromatic heterocycles. The van der Waals surface area contributed by atoms with E-state index in [-0.39, 0.29) is 0 Å². The Kier molecular flexibility index (Phi) is 1.72. The molecule has 0 radical (unpaired) electrons. The lowest BCUT2D eigenvalue weighted by Gasteiger charge is -1.94. The zero-order valence-electron chi connectivity index (χ0n) is 5.64. The molecule has 0 saturated heterocycles. The van der Waals surface area contributed by atoms with Crippen LogP contribution in [0.5, 0.6) is 0 Å². The van der Waals surface area contributed by atoms with Crippen LogP contribution in [0, 0.1) is 6.92 Å². The van der Waals surface area contributed by atoms with Crippen molar-refractivity contribution >= 4 is 5.88 Å². The van der Waals surface area contributed by atoms with Crippen LogP contribution in [0.15, 0.2) is 10.7 Å². The topological polar surface area (TPSA) is 38.1 Å². The highest BCUT2D eigenvalue weighted by molar-refractivity contribution is 5.37. The molecule has 1 aromatic rings. The average Bonchev–Trinajstić information content (AvgIpc) is 2.18. The van der Waals surface area contributed by atoms with Crippen LogP contribution in [0.3, 0.4) is 0 Å². The molecule has 0 aliphatic rings. The van der Waals surface area contributed by atoms with Crippen LogP contribution in [0.25, 0.3) is 0 Å². The zero-order chi connectivity index (χ0) is 6.69. The Morgan fingerprint density at radius 3 is 3.00 bits per heavy atom. The molecule has 50 valence electrons. The molecule has 0 atom stereocenters. The summed E-state index contributed by atoms with van der Waals surface area (Å²) in [6, 6.07) is 0. The molecule has 0 aliphatic heterocycles. The summed E-state index contributed by atoms with van der Waals surface area (Å²) in [6.45, 7) is 4.84. The van der Waals surface area contributed by atoms with Crippen molar-refractivity contribution < 1.29 is 4.52 Å². The molecule has 3 nitrogen and oxygen atoms in total. The Hall–Kier alpha value is -0.990. The number of nitrogens with one attached hydrogen (secondary N) is 1. The van der Waals surface area contributed by atoms with Gasteiger partial charge in [0.25, 0.3) is 0 Å². The van der Waals surface area contributed by atoms with E-state index < -0.39 is 0 Å². The van der Waals surface area contributed by atoms with Crippen molar-refractivity contribution in [1.82, 2.24) is 5.16 Å². The van der Waals surface area contributed by atoms with Crippen LogP contribution in [0.2, 0.25) is 0 Å². The molecular weight excluding hydrogens is 116 g/mol. The fraction of sp³-hybridized carbons (Fsp3) is 0.500. The predicted octanol–water partition coefficient (Wildman–Crippen LogP) is 1.41. The van der Waals surface area contributed by atoms with E-state index in [0.717, 1.165) is 18.0 Å². The maximum Gasteiger partial charge on any atom is 0.227 e. The zero-order valence-corrected chi connectivity index (χ0v) is 5.64. The highest BCUT2D eigenvalue weighted by atomic mass is 16.5. The van der Waals surface area contributed by atoms with Crippen molar-refractivity contribution in [3.63, 3.8) is 0 Å². The van der Waals surface area contributed by atoms with Gasteiger partial charge in [-0.2, -0.15) is 0 Å². The minimum atomic E-state index is 0.775. The first-order valence-electron chi connectivity index (χ1n) is 2.99. The summed E-state index contributed by atoms with van der Waals surface area (Å²) >= 11 is 0. The molecule has 0 spiro atoms. The second-order valence-electron chi connectivity index (χ2n) is 1.87. The maximum absolute atomic E-state index is 4.84. The molecular formula is C6H10N2O. The maximum atomic E-state index is 4.84. The summed E-state index contributed by atoms with van der Waals surface area (Å²) in [5, 5.41) is 6.63. The molecule has 0 saturated carbocycles. The number of hydrogen-bond acceptors (Lipinski definition) is 3. The first kappa shape index (κ1) is 6.13.